The zero-order chi connectivity index (χ0) is 14.0. The number of rotatable bonds is 3. The first-order valence-corrected chi connectivity index (χ1v) is 7.97. The third kappa shape index (κ3) is 4.15. The second-order valence-corrected chi connectivity index (χ2v) is 7.14. The fourth-order valence-corrected chi connectivity index (χ4v) is 3.90. The Kier molecular flexibility index (Phi) is 5.94. The Bertz CT molecular complexity index is 536. The molecule has 0 aromatic heterocycles. The molecule has 7 heteroatoms. The minimum absolute atomic E-state index is 0. The van der Waals surface area contributed by atoms with Crippen molar-refractivity contribution >= 4 is 22.4 Å². The molecule has 114 valence electrons. The van der Waals surface area contributed by atoms with Gasteiger partial charge in [-0.05, 0) is 30.0 Å². The van der Waals surface area contributed by atoms with Crippen molar-refractivity contribution in [2.24, 2.45) is 11.7 Å². The number of sulfonamides is 1. The summed E-state index contributed by atoms with van der Waals surface area (Å²) in [5.74, 6) is -0.287. The molecule has 0 saturated carbocycles. The second kappa shape index (κ2) is 6.85. The van der Waals surface area contributed by atoms with Crippen LogP contribution in [0.1, 0.15) is 18.9 Å². The van der Waals surface area contributed by atoms with E-state index in [1.54, 1.807) is 0 Å². The van der Waals surface area contributed by atoms with Crippen LogP contribution in [-0.2, 0) is 15.8 Å². The summed E-state index contributed by atoms with van der Waals surface area (Å²) in [4.78, 5) is 0. The van der Waals surface area contributed by atoms with E-state index in [0.717, 1.165) is 0 Å². The number of halogens is 2. The average molecular weight is 323 g/mol. The minimum Gasteiger partial charge on any atom is -0.327 e. The van der Waals surface area contributed by atoms with Gasteiger partial charge in [-0.2, -0.15) is 0 Å². The summed E-state index contributed by atoms with van der Waals surface area (Å²) >= 11 is 0. The Labute approximate surface area is 125 Å². The van der Waals surface area contributed by atoms with Crippen molar-refractivity contribution in [3.63, 3.8) is 0 Å². The van der Waals surface area contributed by atoms with Crippen molar-refractivity contribution in [2.75, 3.05) is 13.1 Å². The highest BCUT2D eigenvalue weighted by molar-refractivity contribution is 7.88. The first-order chi connectivity index (χ1) is 8.88. The van der Waals surface area contributed by atoms with Gasteiger partial charge in [-0.3, -0.25) is 0 Å². The quantitative estimate of drug-likeness (QED) is 0.922. The molecule has 0 bridgehead atoms. The van der Waals surface area contributed by atoms with Crippen LogP contribution in [0.3, 0.4) is 0 Å². The summed E-state index contributed by atoms with van der Waals surface area (Å²) in [6, 6.07) is 5.63. The van der Waals surface area contributed by atoms with E-state index in [1.165, 1.54) is 28.6 Å². The van der Waals surface area contributed by atoms with E-state index >= 15 is 0 Å². The fraction of sp³-hybridized carbons (Fsp3) is 0.538. The highest BCUT2D eigenvalue weighted by Gasteiger charge is 2.30. The number of hydrogen-bond acceptors (Lipinski definition) is 3. The van der Waals surface area contributed by atoms with Crippen molar-refractivity contribution in [1.82, 2.24) is 4.31 Å². The van der Waals surface area contributed by atoms with E-state index in [4.69, 9.17) is 5.73 Å². The van der Waals surface area contributed by atoms with Crippen LogP contribution in [-0.4, -0.2) is 31.9 Å². The Morgan fingerprint density at radius 3 is 2.50 bits per heavy atom. The molecule has 0 aliphatic carbocycles. The lowest BCUT2D eigenvalue weighted by Gasteiger charge is -2.34. The molecule has 2 unspecified atom stereocenters. The van der Waals surface area contributed by atoms with Gasteiger partial charge in [0.1, 0.15) is 5.82 Å². The molecular formula is C13H20ClFN2O2S. The molecule has 0 radical (unpaired) electrons. The number of piperidine rings is 1. The predicted octanol–water partition coefficient (Wildman–Crippen LogP) is 1.75. The first kappa shape index (κ1) is 17.4. The third-order valence-electron chi connectivity index (χ3n) is 3.59. The molecule has 1 aromatic rings. The molecule has 1 aliphatic heterocycles. The van der Waals surface area contributed by atoms with Crippen molar-refractivity contribution in [2.45, 2.75) is 25.1 Å². The number of nitrogens with zero attached hydrogens (tertiary/aromatic N) is 1. The lowest BCUT2D eigenvalue weighted by Crippen LogP contribution is -2.48. The van der Waals surface area contributed by atoms with Gasteiger partial charge in [0.25, 0.3) is 0 Å². The first-order valence-electron chi connectivity index (χ1n) is 6.36. The van der Waals surface area contributed by atoms with E-state index < -0.39 is 10.0 Å². The second-order valence-electron chi connectivity index (χ2n) is 5.17. The van der Waals surface area contributed by atoms with Crippen LogP contribution < -0.4 is 5.73 Å². The van der Waals surface area contributed by atoms with E-state index in [1.807, 2.05) is 6.92 Å². The molecule has 1 aromatic carbocycles. The van der Waals surface area contributed by atoms with Gasteiger partial charge >= 0.3 is 0 Å². The monoisotopic (exact) mass is 322 g/mol. The van der Waals surface area contributed by atoms with Crippen molar-refractivity contribution in [3.8, 4) is 0 Å². The summed E-state index contributed by atoms with van der Waals surface area (Å²) < 4.78 is 38.9. The van der Waals surface area contributed by atoms with Gasteiger partial charge in [-0.1, -0.05) is 19.1 Å². The van der Waals surface area contributed by atoms with Crippen LogP contribution in [0.5, 0.6) is 0 Å². The number of hydrogen-bond donors (Lipinski definition) is 1. The Morgan fingerprint density at radius 1 is 1.35 bits per heavy atom. The number of nitrogens with two attached hydrogens (primary N) is 1. The van der Waals surface area contributed by atoms with Gasteiger partial charge < -0.3 is 5.73 Å². The standard InChI is InChI=1S/C13H19FN2O2S.ClH/c1-10-8-16(7-6-13(10)15)19(17,18)9-11-2-4-12(14)5-3-11;/h2-5,10,13H,6-9,15H2,1H3;1H. The molecule has 2 rings (SSSR count). The largest absolute Gasteiger partial charge is 0.327 e. The van der Waals surface area contributed by atoms with Crippen LogP contribution in [0, 0.1) is 11.7 Å². The highest BCUT2D eigenvalue weighted by atomic mass is 35.5. The lowest BCUT2D eigenvalue weighted by molar-refractivity contribution is 0.250. The molecule has 4 nitrogen and oxygen atoms in total. The SMILES string of the molecule is CC1CN(S(=O)(=O)Cc2ccc(F)cc2)CCC1N.Cl. The number of benzene rings is 1. The molecule has 1 aliphatic rings. The molecule has 0 spiro atoms. The van der Waals surface area contributed by atoms with Crippen LogP contribution >= 0.6 is 12.4 Å². The molecule has 0 amide bonds. The highest BCUT2D eigenvalue weighted by Crippen LogP contribution is 2.20. The molecule has 1 fully saturated rings. The maximum absolute atomic E-state index is 12.8. The topological polar surface area (TPSA) is 63.4 Å². The van der Waals surface area contributed by atoms with Crippen molar-refractivity contribution < 1.29 is 12.8 Å². The van der Waals surface area contributed by atoms with Gasteiger partial charge in [0.2, 0.25) is 10.0 Å². The summed E-state index contributed by atoms with van der Waals surface area (Å²) in [6.07, 6.45) is 0.684. The summed E-state index contributed by atoms with van der Waals surface area (Å²) in [5.41, 5.74) is 6.49. The van der Waals surface area contributed by atoms with E-state index in [0.29, 0.717) is 25.1 Å². The maximum atomic E-state index is 12.8. The van der Waals surface area contributed by atoms with Crippen LogP contribution in [0.4, 0.5) is 4.39 Å². The van der Waals surface area contributed by atoms with Gasteiger partial charge in [-0.15, -0.1) is 12.4 Å². The van der Waals surface area contributed by atoms with Gasteiger partial charge in [0, 0.05) is 19.1 Å². The molecule has 2 N–H and O–H groups in total. The van der Waals surface area contributed by atoms with Crippen LogP contribution in [0.25, 0.3) is 0 Å². The average Bonchev–Trinajstić information content (AvgIpc) is 2.35. The Morgan fingerprint density at radius 2 is 1.95 bits per heavy atom. The molecular weight excluding hydrogens is 303 g/mol. The maximum Gasteiger partial charge on any atom is 0.218 e. The fourth-order valence-electron chi connectivity index (χ4n) is 2.26. The normalized spacial score (nSPS) is 24.1. The summed E-state index contributed by atoms with van der Waals surface area (Å²) in [6.45, 7) is 2.89. The Balaban J connectivity index is 0.00000200. The lowest BCUT2D eigenvalue weighted by atomic mass is 9.96. The van der Waals surface area contributed by atoms with Gasteiger partial charge in [0.15, 0.2) is 0 Å². The zero-order valence-corrected chi connectivity index (χ0v) is 13.0. The van der Waals surface area contributed by atoms with Crippen LogP contribution in [0.2, 0.25) is 0 Å². The van der Waals surface area contributed by atoms with E-state index in [9.17, 15) is 12.8 Å². The Hall–Kier alpha value is -0.690. The van der Waals surface area contributed by atoms with Crippen LogP contribution in [0.15, 0.2) is 24.3 Å². The molecule has 20 heavy (non-hydrogen) atoms. The van der Waals surface area contributed by atoms with Gasteiger partial charge in [0.05, 0.1) is 5.75 Å². The third-order valence-corrected chi connectivity index (χ3v) is 5.41. The summed E-state index contributed by atoms with van der Waals surface area (Å²) in [7, 11) is -3.35. The summed E-state index contributed by atoms with van der Waals surface area (Å²) in [5, 5.41) is 0. The van der Waals surface area contributed by atoms with E-state index in [2.05, 4.69) is 0 Å². The van der Waals surface area contributed by atoms with E-state index in [-0.39, 0.29) is 35.9 Å². The molecule has 2 atom stereocenters. The predicted molar refractivity (Wildman–Crippen MR) is 79.6 cm³/mol. The smallest absolute Gasteiger partial charge is 0.218 e. The molecule has 1 heterocycles. The van der Waals surface area contributed by atoms with Crippen molar-refractivity contribution in [3.05, 3.63) is 35.6 Å². The zero-order valence-electron chi connectivity index (χ0n) is 11.3. The molecule has 1 saturated heterocycles. The minimum atomic E-state index is -3.35. The van der Waals surface area contributed by atoms with Crippen molar-refractivity contribution in [1.29, 1.82) is 0 Å². The van der Waals surface area contributed by atoms with Gasteiger partial charge in [-0.25, -0.2) is 17.1 Å².